The molecule has 0 amide bonds. The van der Waals surface area contributed by atoms with E-state index < -0.39 is 5.97 Å². The Morgan fingerprint density at radius 1 is 1.33 bits per heavy atom. The van der Waals surface area contributed by atoms with Crippen LogP contribution >= 0.6 is 11.6 Å². The molecule has 0 aliphatic carbocycles. The molecule has 7 heteroatoms. The van der Waals surface area contributed by atoms with Crippen molar-refractivity contribution in [3.63, 3.8) is 0 Å². The van der Waals surface area contributed by atoms with E-state index in [1.54, 1.807) is 12.1 Å². The highest BCUT2D eigenvalue weighted by atomic mass is 35.5. The second kappa shape index (κ2) is 7.05. The summed E-state index contributed by atoms with van der Waals surface area (Å²) in [5.74, 6) is 0.982. The van der Waals surface area contributed by atoms with Gasteiger partial charge in [0.25, 0.3) is 0 Å². The molecule has 3 rings (SSSR count). The molecule has 24 heavy (non-hydrogen) atoms. The zero-order chi connectivity index (χ0) is 17.1. The fourth-order valence-corrected chi connectivity index (χ4v) is 2.97. The molecule has 0 spiro atoms. The lowest BCUT2D eigenvalue weighted by molar-refractivity contribution is -0.141. The lowest BCUT2D eigenvalue weighted by atomic mass is 9.98. The van der Waals surface area contributed by atoms with E-state index >= 15 is 0 Å². The molecule has 1 aromatic carbocycles. The number of halogens is 1. The van der Waals surface area contributed by atoms with Gasteiger partial charge >= 0.3 is 5.97 Å². The monoisotopic (exact) mass is 346 g/mol. The molecule has 1 aromatic heterocycles. The van der Waals surface area contributed by atoms with Gasteiger partial charge in [-0.1, -0.05) is 11.6 Å². The Morgan fingerprint density at radius 2 is 2.08 bits per heavy atom. The predicted octanol–water partition coefficient (Wildman–Crippen LogP) is 3.48. The highest BCUT2D eigenvalue weighted by Crippen LogP contribution is 2.25. The summed E-state index contributed by atoms with van der Waals surface area (Å²) in [5, 5.41) is 13.2. The number of carbonyl (C=O) groups is 1. The van der Waals surface area contributed by atoms with Crippen molar-refractivity contribution in [3.05, 3.63) is 41.2 Å². The molecule has 0 unspecified atom stereocenters. The van der Waals surface area contributed by atoms with Crippen LogP contribution < -0.4 is 10.2 Å². The topological polar surface area (TPSA) is 78.4 Å². The Balaban J connectivity index is 1.80. The molecule has 0 saturated carbocycles. The van der Waals surface area contributed by atoms with Gasteiger partial charge in [-0.15, -0.1) is 0 Å². The number of nitrogens with zero attached hydrogens (tertiary/aromatic N) is 3. The zero-order valence-corrected chi connectivity index (χ0v) is 14.1. The van der Waals surface area contributed by atoms with Crippen molar-refractivity contribution < 1.29 is 9.90 Å². The second-order valence-electron chi connectivity index (χ2n) is 5.91. The summed E-state index contributed by atoms with van der Waals surface area (Å²) < 4.78 is 0. The number of hydrogen-bond donors (Lipinski definition) is 2. The molecule has 1 atom stereocenters. The number of nitrogens with one attached hydrogen (secondary N) is 1. The third-order valence-corrected chi connectivity index (χ3v) is 4.29. The molecule has 1 aliphatic heterocycles. The Hall–Kier alpha value is -2.34. The summed E-state index contributed by atoms with van der Waals surface area (Å²) in [6.07, 6.45) is 1.56. The molecule has 1 fully saturated rings. The van der Waals surface area contributed by atoms with E-state index in [1.807, 2.05) is 30.0 Å². The van der Waals surface area contributed by atoms with Gasteiger partial charge in [-0.25, -0.2) is 9.97 Å². The number of anilines is 3. The van der Waals surface area contributed by atoms with E-state index in [9.17, 15) is 9.90 Å². The molecule has 1 saturated heterocycles. The minimum absolute atomic E-state index is 0.346. The van der Waals surface area contributed by atoms with Crippen LogP contribution in [0.15, 0.2) is 30.3 Å². The third-order valence-electron chi connectivity index (χ3n) is 4.04. The lowest BCUT2D eigenvalue weighted by Gasteiger charge is -2.31. The molecular formula is C17H19ClN4O2. The molecule has 0 bridgehead atoms. The second-order valence-corrected chi connectivity index (χ2v) is 6.35. The van der Waals surface area contributed by atoms with Gasteiger partial charge < -0.3 is 15.3 Å². The number of piperidine rings is 1. The van der Waals surface area contributed by atoms with Gasteiger partial charge in [0.2, 0.25) is 0 Å². The van der Waals surface area contributed by atoms with E-state index in [0.29, 0.717) is 29.6 Å². The quantitative estimate of drug-likeness (QED) is 0.882. The Labute approximate surface area is 145 Å². The molecule has 2 N–H and O–H groups in total. The maximum absolute atomic E-state index is 11.3. The first-order valence-corrected chi connectivity index (χ1v) is 8.25. The number of carboxylic acid groups (broad SMARTS) is 1. The van der Waals surface area contributed by atoms with E-state index in [4.69, 9.17) is 11.6 Å². The molecule has 6 nitrogen and oxygen atoms in total. The summed E-state index contributed by atoms with van der Waals surface area (Å²) in [6.45, 7) is 3.11. The van der Waals surface area contributed by atoms with Crippen LogP contribution in [-0.4, -0.2) is 34.1 Å². The number of aromatic nitrogens is 2. The van der Waals surface area contributed by atoms with Gasteiger partial charge in [-0.3, -0.25) is 4.79 Å². The average molecular weight is 347 g/mol. The van der Waals surface area contributed by atoms with Gasteiger partial charge in [-0.2, -0.15) is 0 Å². The van der Waals surface area contributed by atoms with Crippen molar-refractivity contribution in [2.75, 3.05) is 23.3 Å². The predicted molar refractivity (Wildman–Crippen MR) is 94.1 cm³/mol. The number of hydrogen-bond acceptors (Lipinski definition) is 5. The van der Waals surface area contributed by atoms with Gasteiger partial charge in [0.15, 0.2) is 0 Å². The van der Waals surface area contributed by atoms with Crippen LogP contribution in [0.5, 0.6) is 0 Å². The van der Waals surface area contributed by atoms with Crippen LogP contribution in [0.3, 0.4) is 0 Å². The summed E-state index contributed by atoms with van der Waals surface area (Å²) in [6, 6.07) is 9.22. The van der Waals surface area contributed by atoms with Crippen molar-refractivity contribution in [2.45, 2.75) is 19.8 Å². The van der Waals surface area contributed by atoms with E-state index in [-0.39, 0.29) is 5.92 Å². The molecule has 2 aromatic rings. The smallest absolute Gasteiger partial charge is 0.308 e. The lowest BCUT2D eigenvalue weighted by Crippen LogP contribution is -2.39. The Kier molecular flexibility index (Phi) is 4.85. The van der Waals surface area contributed by atoms with Crippen molar-refractivity contribution in [1.29, 1.82) is 0 Å². The summed E-state index contributed by atoms with van der Waals surface area (Å²) in [5.41, 5.74) is 0.880. The van der Waals surface area contributed by atoms with Gasteiger partial charge in [0.05, 0.1) is 5.92 Å². The summed E-state index contributed by atoms with van der Waals surface area (Å²) in [7, 11) is 0. The number of aryl methyl sites for hydroxylation is 1. The fourth-order valence-electron chi connectivity index (χ4n) is 2.85. The molecule has 0 radical (unpaired) electrons. The molecule has 2 heterocycles. The van der Waals surface area contributed by atoms with Gasteiger partial charge in [0.1, 0.15) is 17.5 Å². The van der Waals surface area contributed by atoms with Crippen molar-refractivity contribution in [3.8, 4) is 0 Å². The highest BCUT2D eigenvalue weighted by Gasteiger charge is 2.26. The zero-order valence-electron chi connectivity index (χ0n) is 13.4. The SMILES string of the molecule is Cc1nc(Nc2ccc(Cl)cc2)cc(N2CCC[C@@H](C(=O)O)C2)n1. The summed E-state index contributed by atoms with van der Waals surface area (Å²) in [4.78, 5) is 22.1. The number of carboxylic acids is 1. The first kappa shape index (κ1) is 16.5. The van der Waals surface area contributed by atoms with Crippen molar-refractivity contribution in [2.24, 2.45) is 5.92 Å². The Morgan fingerprint density at radius 3 is 2.79 bits per heavy atom. The fraction of sp³-hybridized carbons (Fsp3) is 0.353. The molecule has 1 aliphatic rings. The standard InChI is InChI=1S/C17H19ClN4O2/c1-11-19-15(21-14-6-4-13(18)5-7-14)9-16(20-11)22-8-2-3-12(10-22)17(23)24/h4-7,9,12H,2-3,8,10H2,1H3,(H,23,24)(H,19,20,21)/t12-/m1/s1. The van der Waals surface area contributed by atoms with Crippen LogP contribution in [-0.2, 0) is 4.79 Å². The van der Waals surface area contributed by atoms with Crippen LogP contribution in [0.4, 0.5) is 17.3 Å². The summed E-state index contributed by atoms with van der Waals surface area (Å²) >= 11 is 5.90. The largest absolute Gasteiger partial charge is 0.481 e. The van der Waals surface area contributed by atoms with E-state index in [0.717, 1.165) is 24.5 Å². The number of benzene rings is 1. The maximum Gasteiger partial charge on any atom is 0.308 e. The van der Waals surface area contributed by atoms with Crippen LogP contribution in [0.1, 0.15) is 18.7 Å². The first-order valence-electron chi connectivity index (χ1n) is 7.87. The van der Waals surface area contributed by atoms with Crippen LogP contribution in [0.2, 0.25) is 5.02 Å². The van der Waals surface area contributed by atoms with Crippen LogP contribution in [0, 0.1) is 12.8 Å². The number of aliphatic carboxylic acids is 1. The minimum Gasteiger partial charge on any atom is -0.481 e. The number of rotatable bonds is 4. The van der Waals surface area contributed by atoms with Crippen LogP contribution in [0.25, 0.3) is 0 Å². The van der Waals surface area contributed by atoms with E-state index in [1.165, 1.54) is 0 Å². The van der Waals surface area contributed by atoms with Crippen molar-refractivity contribution >= 4 is 34.9 Å². The van der Waals surface area contributed by atoms with Gasteiger partial charge in [0, 0.05) is 29.9 Å². The van der Waals surface area contributed by atoms with Crippen molar-refractivity contribution in [1.82, 2.24) is 9.97 Å². The molecule has 126 valence electrons. The average Bonchev–Trinajstić information content (AvgIpc) is 2.56. The molecular weight excluding hydrogens is 328 g/mol. The highest BCUT2D eigenvalue weighted by molar-refractivity contribution is 6.30. The third kappa shape index (κ3) is 3.94. The minimum atomic E-state index is -0.745. The Bertz CT molecular complexity index is 736. The first-order chi connectivity index (χ1) is 11.5. The maximum atomic E-state index is 11.3. The van der Waals surface area contributed by atoms with E-state index in [2.05, 4.69) is 15.3 Å². The van der Waals surface area contributed by atoms with Gasteiger partial charge in [-0.05, 0) is 44.0 Å². The normalized spacial score (nSPS) is 17.6.